The van der Waals surface area contributed by atoms with Crippen molar-refractivity contribution < 1.29 is 27.4 Å². The molecule has 0 aliphatic heterocycles. The number of rotatable bonds is 6. The van der Waals surface area contributed by atoms with Crippen molar-refractivity contribution in [2.75, 3.05) is 13.7 Å². The maximum atomic E-state index is 12.1. The lowest BCUT2D eigenvalue weighted by molar-refractivity contribution is -0.153. The predicted molar refractivity (Wildman–Crippen MR) is 71.9 cm³/mol. The predicted octanol–water partition coefficient (Wildman–Crippen LogP) is 3.99. The van der Waals surface area contributed by atoms with Gasteiger partial charge in [0.1, 0.15) is 0 Å². The Morgan fingerprint density at radius 2 is 2.00 bits per heavy atom. The maximum Gasteiger partial charge on any atom is 0.422 e. The Balaban J connectivity index is 2.93. The average molecular weight is 355 g/mol. The van der Waals surface area contributed by atoms with Gasteiger partial charge in [-0.05, 0) is 24.6 Å². The first kappa shape index (κ1) is 16.8. The average Bonchev–Trinajstić information content (AvgIpc) is 2.42. The second-order valence-corrected chi connectivity index (χ2v) is 5.11. The summed E-state index contributed by atoms with van der Waals surface area (Å²) in [6.45, 7) is 0.433. The third-order valence-corrected chi connectivity index (χ3v) is 3.55. The highest BCUT2D eigenvalue weighted by atomic mass is 79.9. The minimum Gasteiger partial charge on any atom is -0.493 e. The molecule has 1 aromatic rings. The zero-order valence-corrected chi connectivity index (χ0v) is 12.5. The van der Waals surface area contributed by atoms with Crippen LogP contribution in [-0.4, -0.2) is 30.5 Å². The summed E-state index contributed by atoms with van der Waals surface area (Å²) in [6, 6.07) is 4.09. The van der Waals surface area contributed by atoms with Gasteiger partial charge in [-0.25, -0.2) is 0 Å². The van der Waals surface area contributed by atoms with Crippen LogP contribution in [0.3, 0.4) is 0 Å². The van der Waals surface area contributed by atoms with Crippen LogP contribution in [0.2, 0.25) is 0 Å². The van der Waals surface area contributed by atoms with Crippen LogP contribution in [0, 0.1) is 0 Å². The fourth-order valence-corrected chi connectivity index (χ4v) is 1.73. The maximum absolute atomic E-state index is 12.1. The molecule has 0 saturated heterocycles. The van der Waals surface area contributed by atoms with E-state index in [9.17, 15) is 18.0 Å². The SMILES string of the molecule is CCC(Br)C(=O)c1ccc(OCC(F)(F)F)c(OC)c1. The molecule has 0 bridgehead atoms. The molecule has 1 unspecified atom stereocenters. The number of methoxy groups -OCH3 is 1. The van der Waals surface area contributed by atoms with Gasteiger partial charge in [-0.2, -0.15) is 13.2 Å². The van der Waals surface area contributed by atoms with E-state index in [1.54, 1.807) is 0 Å². The summed E-state index contributed by atoms with van der Waals surface area (Å²) in [6.07, 6.45) is -3.82. The van der Waals surface area contributed by atoms with E-state index >= 15 is 0 Å². The third kappa shape index (κ3) is 4.70. The van der Waals surface area contributed by atoms with Gasteiger partial charge in [0.2, 0.25) is 0 Å². The highest BCUT2D eigenvalue weighted by Crippen LogP contribution is 2.30. The summed E-state index contributed by atoms with van der Waals surface area (Å²) in [5, 5.41) is 0. The van der Waals surface area contributed by atoms with Crippen LogP contribution in [0.1, 0.15) is 23.7 Å². The summed E-state index contributed by atoms with van der Waals surface area (Å²) >= 11 is 3.23. The molecule has 112 valence electrons. The Kier molecular flexibility index (Phi) is 5.86. The van der Waals surface area contributed by atoms with Gasteiger partial charge in [-0.1, -0.05) is 22.9 Å². The number of halogens is 4. The molecule has 0 radical (unpaired) electrons. The summed E-state index contributed by atoms with van der Waals surface area (Å²) in [4.78, 5) is 11.6. The lowest BCUT2D eigenvalue weighted by Gasteiger charge is -2.14. The van der Waals surface area contributed by atoms with Crippen molar-refractivity contribution in [2.24, 2.45) is 0 Å². The molecule has 0 heterocycles. The monoisotopic (exact) mass is 354 g/mol. The molecule has 0 amide bonds. The number of carbonyl (C=O) groups excluding carboxylic acids is 1. The van der Waals surface area contributed by atoms with Crippen molar-refractivity contribution in [2.45, 2.75) is 24.3 Å². The van der Waals surface area contributed by atoms with Crippen LogP contribution in [0.4, 0.5) is 13.2 Å². The van der Waals surface area contributed by atoms with Crippen LogP contribution in [-0.2, 0) is 0 Å². The van der Waals surface area contributed by atoms with Crippen molar-refractivity contribution >= 4 is 21.7 Å². The van der Waals surface area contributed by atoms with Crippen molar-refractivity contribution in [1.29, 1.82) is 0 Å². The van der Waals surface area contributed by atoms with Gasteiger partial charge in [0.05, 0.1) is 11.9 Å². The molecule has 0 aliphatic rings. The Bertz CT molecular complexity index is 474. The Morgan fingerprint density at radius 3 is 2.50 bits per heavy atom. The van der Waals surface area contributed by atoms with Crippen LogP contribution in [0.15, 0.2) is 18.2 Å². The Morgan fingerprint density at radius 1 is 1.35 bits per heavy atom. The fourth-order valence-electron chi connectivity index (χ4n) is 1.47. The second-order valence-electron chi connectivity index (χ2n) is 4.01. The quantitative estimate of drug-likeness (QED) is 0.572. The van der Waals surface area contributed by atoms with E-state index < -0.39 is 12.8 Å². The molecule has 0 saturated carbocycles. The smallest absolute Gasteiger partial charge is 0.422 e. The van der Waals surface area contributed by atoms with Crippen LogP contribution >= 0.6 is 15.9 Å². The van der Waals surface area contributed by atoms with E-state index in [2.05, 4.69) is 20.7 Å². The van der Waals surface area contributed by atoms with E-state index in [1.807, 2.05) is 6.92 Å². The summed E-state index contributed by atoms with van der Waals surface area (Å²) in [5.41, 5.74) is 0.352. The third-order valence-electron chi connectivity index (χ3n) is 2.48. The van der Waals surface area contributed by atoms with Gasteiger partial charge in [0.15, 0.2) is 23.9 Å². The topological polar surface area (TPSA) is 35.5 Å². The number of ketones is 1. The first-order chi connectivity index (χ1) is 9.28. The number of hydrogen-bond acceptors (Lipinski definition) is 3. The summed E-state index contributed by atoms with van der Waals surface area (Å²) < 4.78 is 45.9. The highest BCUT2D eigenvalue weighted by Gasteiger charge is 2.29. The van der Waals surface area contributed by atoms with E-state index in [-0.39, 0.29) is 22.1 Å². The zero-order chi connectivity index (χ0) is 15.3. The van der Waals surface area contributed by atoms with Crippen LogP contribution < -0.4 is 9.47 Å². The fraction of sp³-hybridized carbons (Fsp3) is 0.462. The summed E-state index contributed by atoms with van der Waals surface area (Å²) in [5.74, 6) is -0.118. The first-order valence-electron chi connectivity index (χ1n) is 5.84. The molecule has 1 aromatic carbocycles. The van der Waals surface area contributed by atoms with Gasteiger partial charge >= 0.3 is 6.18 Å². The van der Waals surface area contributed by atoms with Crippen molar-refractivity contribution in [3.63, 3.8) is 0 Å². The van der Waals surface area contributed by atoms with Gasteiger partial charge in [0, 0.05) is 5.56 Å². The van der Waals surface area contributed by atoms with Gasteiger partial charge in [-0.15, -0.1) is 0 Å². The number of Topliss-reactive ketones (excluding diaryl/α,β-unsaturated/α-hetero) is 1. The molecule has 0 aromatic heterocycles. The molecule has 1 rings (SSSR count). The molecular formula is C13H14BrF3O3. The summed E-state index contributed by atoms with van der Waals surface area (Å²) in [7, 11) is 1.30. The molecule has 0 spiro atoms. The van der Waals surface area contributed by atoms with Crippen molar-refractivity contribution in [1.82, 2.24) is 0 Å². The molecule has 7 heteroatoms. The molecule has 0 aliphatic carbocycles. The minimum atomic E-state index is -4.43. The standard InChI is InChI=1S/C13H14BrF3O3/c1-3-9(14)12(18)8-4-5-10(11(6-8)19-2)20-7-13(15,16)17/h4-6,9H,3,7H2,1-2H3. The van der Waals surface area contributed by atoms with E-state index in [0.717, 1.165) is 0 Å². The van der Waals surface area contributed by atoms with Crippen LogP contribution in [0.5, 0.6) is 11.5 Å². The number of ether oxygens (including phenoxy) is 2. The van der Waals surface area contributed by atoms with Crippen molar-refractivity contribution in [3.8, 4) is 11.5 Å². The molecule has 20 heavy (non-hydrogen) atoms. The molecule has 3 nitrogen and oxygen atoms in total. The minimum absolute atomic E-state index is 0.0519. The normalized spacial score (nSPS) is 12.9. The molecule has 1 atom stereocenters. The zero-order valence-electron chi connectivity index (χ0n) is 11.0. The lowest BCUT2D eigenvalue weighted by Crippen LogP contribution is -2.19. The number of carbonyl (C=O) groups is 1. The largest absolute Gasteiger partial charge is 0.493 e. The van der Waals surface area contributed by atoms with Gasteiger partial charge in [-0.3, -0.25) is 4.79 Å². The van der Waals surface area contributed by atoms with E-state index in [4.69, 9.17) is 4.74 Å². The number of benzene rings is 1. The molecular weight excluding hydrogens is 341 g/mol. The number of hydrogen-bond donors (Lipinski definition) is 0. The Labute approximate surface area is 123 Å². The Hall–Kier alpha value is -1.24. The van der Waals surface area contributed by atoms with Gasteiger partial charge < -0.3 is 9.47 Å². The van der Waals surface area contributed by atoms with E-state index in [0.29, 0.717) is 12.0 Å². The lowest BCUT2D eigenvalue weighted by atomic mass is 10.1. The highest BCUT2D eigenvalue weighted by molar-refractivity contribution is 9.10. The molecule has 0 N–H and O–H groups in total. The first-order valence-corrected chi connectivity index (χ1v) is 6.76. The second kappa shape index (κ2) is 6.97. The van der Waals surface area contributed by atoms with Gasteiger partial charge in [0.25, 0.3) is 0 Å². The number of alkyl halides is 4. The van der Waals surface area contributed by atoms with E-state index in [1.165, 1.54) is 25.3 Å². The molecule has 0 fully saturated rings. The van der Waals surface area contributed by atoms with Crippen LogP contribution in [0.25, 0.3) is 0 Å². The van der Waals surface area contributed by atoms with Crippen molar-refractivity contribution in [3.05, 3.63) is 23.8 Å².